The minimum Gasteiger partial charge on any atom is -0.756 e. The first kappa shape index (κ1) is 71.5. The van der Waals surface area contributed by atoms with E-state index in [0.29, 0.717) is 24.1 Å². The first-order chi connectivity index (χ1) is 35.6. The third-order valence-electron chi connectivity index (χ3n) is 13.9. The normalized spacial score (nSPS) is 13.7. The summed E-state index contributed by atoms with van der Waals surface area (Å²) in [5, 5.41) is 0. The number of esters is 1. The van der Waals surface area contributed by atoms with Gasteiger partial charge in [-0.3, -0.25) is 9.36 Å². The number of quaternary nitrogens is 1. The second-order valence-electron chi connectivity index (χ2n) is 22.4. The number of unbranched alkanes of at least 4 members (excludes halogenated alkanes) is 37. The second kappa shape index (κ2) is 56.7. The van der Waals surface area contributed by atoms with Crippen molar-refractivity contribution in [1.29, 1.82) is 0 Å². The number of likely N-dealkylation sites (N-methyl/N-ethyl adjacent to an activating group) is 1. The summed E-state index contributed by atoms with van der Waals surface area (Å²) in [6, 6.07) is 0. The molecular weight excluding hydrogens is 926 g/mol. The van der Waals surface area contributed by atoms with Gasteiger partial charge in [0, 0.05) is 13.0 Å². The number of phosphoric acid groups is 1. The Labute approximate surface area is 454 Å². The van der Waals surface area contributed by atoms with Gasteiger partial charge in [-0.25, -0.2) is 0 Å². The molecule has 9 heteroatoms. The molecule has 0 saturated carbocycles. The molecule has 0 rings (SSSR count). The number of carbonyl (C=O) groups excluding carboxylic acids is 1. The van der Waals surface area contributed by atoms with E-state index in [4.69, 9.17) is 18.5 Å². The van der Waals surface area contributed by atoms with Crippen molar-refractivity contribution in [3.8, 4) is 0 Å². The summed E-state index contributed by atoms with van der Waals surface area (Å²) in [6.45, 7) is 5.36. The first-order valence-electron chi connectivity index (χ1n) is 31.4. The second-order valence-corrected chi connectivity index (χ2v) is 23.8. The largest absolute Gasteiger partial charge is 0.756 e. The smallest absolute Gasteiger partial charge is 0.306 e. The van der Waals surface area contributed by atoms with Crippen LogP contribution in [-0.2, 0) is 27.9 Å². The van der Waals surface area contributed by atoms with Gasteiger partial charge in [0.25, 0.3) is 7.82 Å². The van der Waals surface area contributed by atoms with Crippen LogP contribution in [0.5, 0.6) is 0 Å². The van der Waals surface area contributed by atoms with Crippen molar-refractivity contribution in [1.82, 2.24) is 0 Å². The summed E-state index contributed by atoms with van der Waals surface area (Å²) >= 11 is 0. The van der Waals surface area contributed by atoms with E-state index in [-0.39, 0.29) is 25.8 Å². The van der Waals surface area contributed by atoms with Crippen LogP contribution in [0.4, 0.5) is 0 Å². The lowest BCUT2D eigenvalue weighted by Crippen LogP contribution is -2.37. The molecule has 0 aliphatic carbocycles. The molecule has 0 aromatic heterocycles. The maximum absolute atomic E-state index is 12.8. The van der Waals surface area contributed by atoms with Crippen molar-refractivity contribution in [2.45, 2.75) is 302 Å². The van der Waals surface area contributed by atoms with Gasteiger partial charge in [0.05, 0.1) is 34.4 Å². The van der Waals surface area contributed by atoms with Crippen molar-refractivity contribution in [2.24, 2.45) is 0 Å². The Bertz CT molecular complexity index is 1310. The molecule has 0 aromatic carbocycles. The zero-order valence-corrected chi connectivity index (χ0v) is 50.0. The Kier molecular flexibility index (Phi) is 55.5. The Hall–Kier alpha value is -1.54. The summed E-state index contributed by atoms with van der Waals surface area (Å²) in [7, 11) is 1.37. The van der Waals surface area contributed by atoms with Crippen molar-refractivity contribution >= 4 is 13.8 Å². The predicted octanol–water partition coefficient (Wildman–Crippen LogP) is 19.6. The summed E-state index contributed by atoms with van der Waals surface area (Å²) in [6.07, 6.45) is 73.1. The fraction of sp³-hybridized carbons (Fsp3) is 0.859. The highest BCUT2D eigenvalue weighted by molar-refractivity contribution is 7.45. The van der Waals surface area contributed by atoms with Crippen molar-refractivity contribution < 1.29 is 37.3 Å². The monoisotopic (exact) mass is 1050 g/mol. The Morgan fingerprint density at radius 1 is 0.438 bits per heavy atom. The van der Waals surface area contributed by atoms with Gasteiger partial charge in [0.2, 0.25) is 0 Å². The van der Waals surface area contributed by atoms with Gasteiger partial charge in [-0.15, -0.1) is 0 Å². The first-order valence-corrected chi connectivity index (χ1v) is 32.8. The molecule has 73 heavy (non-hydrogen) atoms. The van der Waals surface area contributed by atoms with Gasteiger partial charge < -0.3 is 27.9 Å². The fourth-order valence-corrected chi connectivity index (χ4v) is 9.86. The van der Waals surface area contributed by atoms with E-state index in [1.54, 1.807) is 0 Å². The van der Waals surface area contributed by atoms with Crippen LogP contribution in [0.25, 0.3) is 0 Å². The standard InChI is InChI=1S/C64H122NO7P/c1-6-8-10-12-14-16-18-20-22-24-26-28-30-32-34-36-38-40-42-44-46-48-50-52-54-56-59-69-61-63(62-71-73(67,68)70-60-58-65(3,4)5)72-64(66)57-55-53-51-49-47-45-43-41-39-37-35-33-31-29-27-25-23-21-19-17-15-13-11-9-7-2/h9,11,15,17,21,23,27,29,63H,6-8,10,12-14,16,18-20,22,24-26,28,30-62H2,1-5H3/b11-9-,17-15-,23-21-,29-27-. The van der Waals surface area contributed by atoms with E-state index in [9.17, 15) is 14.3 Å². The van der Waals surface area contributed by atoms with Crippen LogP contribution in [0.3, 0.4) is 0 Å². The lowest BCUT2D eigenvalue weighted by Gasteiger charge is -2.28. The summed E-state index contributed by atoms with van der Waals surface area (Å²) in [4.78, 5) is 25.3. The van der Waals surface area contributed by atoms with Gasteiger partial charge in [0.1, 0.15) is 19.3 Å². The van der Waals surface area contributed by atoms with Gasteiger partial charge in [-0.05, 0) is 51.4 Å². The van der Waals surface area contributed by atoms with Crippen LogP contribution in [0, 0.1) is 0 Å². The van der Waals surface area contributed by atoms with Crippen LogP contribution < -0.4 is 4.89 Å². The minimum atomic E-state index is -4.54. The highest BCUT2D eigenvalue weighted by atomic mass is 31.2. The van der Waals surface area contributed by atoms with E-state index in [0.717, 1.165) is 57.8 Å². The third kappa shape index (κ3) is 61.2. The molecule has 0 radical (unpaired) electrons. The van der Waals surface area contributed by atoms with Gasteiger partial charge in [-0.1, -0.05) is 287 Å². The van der Waals surface area contributed by atoms with E-state index in [1.165, 1.54) is 218 Å². The van der Waals surface area contributed by atoms with E-state index in [1.807, 2.05) is 21.1 Å². The lowest BCUT2D eigenvalue weighted by molar-refractivity contribution is -0.870. The van der Waals surface area contributed by atoms with E-state index in [2.05, 4.69) is 62.5 Å². The number of hydrogen-bond acceptors (Lipinski definition) is 7. The molecule has 0 bridgehead atoms. The number of phosphoric ester groups is 1. The van der Waals surface area contributed by atoms with Crippen LogP contribution >= 0.6 is 7.82 Å². The van der Waals surface area contributed by atoms with E-state index < -0.39 is 13.9 Å². The summed E-state index contributed by atoms with van der Waals surface area (Å²) in [5.74, 6) is -0.331. The molecule has 0 amide bonds. The Morgan fingerprint density at radius 2 is 0.795 bits per heavy atom. The fourth-order valence-electron chi connectivity index (χ4n) is 9.13. The highest BCUT2D eigenvalue weighted by Gasteiger charge is 2.20. The third-order valence-corrected chi connectivity index (χ3v) is 14.9. The van der Waals surface area contributed by atoms with E-state index >= 15 is 0 Å². The zero-order valence-electron chi connectivity index (χ0n) is 49.1. The van der Waals surface area contributed by atoms with Crippen LogP contribution in [-0.4, -0.2) is 70.7 Å². The molecule has 0 saturated heterocycles. The number of rotatable bonds is 59. The predicted molar refractivity (Wildman–Crippen MR) is 314 cm³/mol. The topological polar surface area (TPSA) is 94.1 Å². The van der Waals surface area contributed by atoms with Gasteiger partial charge >= 0.3 is 5.97 Å². The van der Waals surface area contributed by atoms with Crippen molar-refractivity contribution in [2.75, 3.05) is 54.1 Å². The summed E-state index contributed by atoms with van der Waals surface area (Å²) < 4.78 is 34.9. The molecule has 2 atom stereocenters. The van der Waals surface area contributed by atoms with Crippen molar-refractivity contribution in [3.63, 3.8) is 0 Å². The lowest BCUT2D eigenvalue weighted by atomic mass is 10.0. The molecule has 0 spiro atoms. The molecule has 8 nitrogen and oxygen atoms in total. The summed E-state index contributed by atoms with van der Waals surface area (Å²) in [5.41, 5.74) is 0. The minimum absolute atomic E-state index is 0.0268. The number of nitrogens with zero attached hydrogens (tertiary/aromatic N) is 1. The SMILES string of the molecule is CC/C=C\C/C=C\C/C=C\C/C=C\CCCCCCCCCCCCCCC(=O)OC(COCCCCCCCCCCCCCCCCCCCCCCCCCCCC)COP(=O)([O-])OCC[N+](C)(C)C. The molecule has 2 unspecified atom stereocenters. The van der Waals surface area contributed by atoms with Crippen LogP contribution in [0.2, 0.25) is 0 Å². The highest BCUT2D eigenvalue weighted by Crippen LogP contribution is 2.38. The quantitative estimate of drug-likeness (QED) is 0.0197. The van der Waals surface area contributed by atoms with Gasteiger partial charge in [0.15, 0.2) is 0 Å². The van der Waals surface area contributed by atoms with Crippen LogP contribution in [0.1, 0.15) is 296 Å². The maximum atomic E-state index is 12.8. The zero-order chi connectivity index (χ0) is 53.3. The van der Waals surface area contributed by atoms with Crippen molar-refractivity contribution in [3.05, 3.63) is 48.6 Å². The maximum Gasteiger partial charge on any atom is 0.306 e. The number of hydrogen-bond donors (Lipinski definition) is 0. The molecule has 0 aliphatic heterocycles. The number of carbonyl (C=O) groups is 1. The average molecular weight is 1050 g/mol. The average Bonchev–Trinajstić information content (AvgIpc) is 3.35. The molecule has 0 aliphatic rings. The molecule has 430 valence electrons. The Morgan fingerprint density at radius 3 is 1.19 bits per heavy atom. The number of ether oxygens (including phenoxy) is 2. The molecule has 0 fully saturated rings. The van der Waals surface area contributed by atoms with Crippen LogP contribution in [0.15, 0.2) is 48.6 Å². The molecular formula is C64H122NO7P. The van der Waals surface area contributed by atoms with Gasteiger partial charge in [-0.2, -0.15) is 0 Å². The number of allylic oxidation sites excluding steroid dienone is 8. The Balaban J connectivity index is 3.99. The molecule has 0 aromatic rings. The molecule has 0 heterocycles. The molecule has 0 N–H and O–H groups in total.